The van der Waals surface area contributed by atoms with E-state index >= 15 is 0 Å². The molecule has 2 amide bonds. The SMILES string of the molecule is Cc1cccc(N2C(=O)C(NC(=O)c3cc4ccccc4[nH]3)N=Cc3ccccc32)c1. The number of hydrogen-bond acceptors (Lipinski definition) is 3. The number of aromatic amines is 1. The first-order chi connectivity index (χ1) is 15.1. The van der Waals surface area contributed by atoms with Gasteiger partial charge in [0.1, 0.15) is 5.69 Å². The Kier molecular flexibility index (Phi) is 4.59. The molecule has 1 unspecified atom stereocenters. The van der Waals surface area contributed by atoms with Crippen LogP contribution in [0.3, 0.4) is 0 Å². The summed E-state index contributed by atoms with van der Waals surface area (Å²) in [6.07, 6.45) is 0.589. The van der Waals surface area contributed by atoms with Crippen LogP contribution in [0.1, 0.15) is 21.6 Å². The molecule has 6 nitrogen and oxygen atoms in total. The van der Waals surface area contributed by atoms with Gasteiger partial charge in [-0.3, -0.25) is 19.5 Å². The number of benzodiazepines with no additional fused rings is 1. The van der Waals surface area contributed by atoms with E-state index in [1.165, 1.54) is 0 Å². The Bertz CT molecular complexity index is 1310. The van der Waals surface area contributed by atoms with Crippen LogP contribution in [-0.4, -0.2) is 29.2 Å². The summed E-state index contributed by atoms with van der Waals surface area (Å²) in [6.45, 7) is 1.98. The molecule has 1 atom stereocenters. The van der Waals surface area contributed by atoms with Crippen molar-refractivity contribution < 1.29 is 9.59 Å². The number of aliphatic imine (C=N–C) groups is 1. The van der Waals surface area contributed by atoms with E-state index in [0.29, 0.717) is 5.69 Å². The summed E-state index contributed by atoms with van der Waals surface area (Å²) in [5, 5.41) is 3.70. The van der Waals surface area contributed by atoms with Crippen LogP contribution >= 0.6 is 0 Å². The number of nitrogens with one attached hydrogen (secondary N) is 2. The third-order valence-corrected chi connectivity index (χ3v) is 5.30. The molecule has 3 aromatic carbocycles. The van der Waals surface area contributed by atoms with Gasteiger partial charge in [-0.05, 0) is 42.8 Å². The number of benzene rings is 3. The fourth-order valence-corrected chi connectivity index (χ4v) is 3.79. The molecule has 5 rings (SSSR count). The number of fused-ring (bicyclic) bond motifs is 2. The minimum atomic E-state index is -1.05. The molecule has 2 N–H and O–H groups in total. The number of hydrogen-bond donors (Lipinski definition) is 2. The van der Waals surface area contributed by atoms with Gasteiger partial charge in [0, 0.05) is 28.4 Å². The number of carbonyl (C=O) groups excluding carboxylic acids is 2. The van der Waals surface area contributed by atoms with Crippen LogP contribution in [0.25, 0.3) is 10.9 Å². The van der Waals surface area contributed by atoms with Gasteiger partial charge in [-0.1, -0.05) is 48.5 Å². The summed E-state index contributed by atoms with van der Waals surface area (Å²) in [5.41, 5.74) is 4.54. The molecule has 6 heteroatoms. The number of amides is 2. The first-order valence-electron chi connectivity index (χ1n) is 10.0. The van der Waals surface area contributed by atoms with Gasteiger partial charge in [0.25, 0.3) is 11.8 Å². The maximum atomic E-state index is 13.5. The molecular weight excluding hydrogens is 388 g/mol. The van der Waals surface area contributed by atoms with Crippen LogP contribution in [0.2, 0.25) is 0 Å². The lowest BCUT2D eigenvalue weighted by atomic mass is 10.1. The van der Waals surface area contributed by atoms with Gasteiger partial charge < -0.3 is 10.3 Å². The molecule has 0 bridgehead atoms. The number of H-pyrrole nitrogens is 1. The third-order valence-electron chi connectivity index (χ3n) is 5.30. The number of carbonyl (C=O) groups is 2. The predicted octanol–water partition coefficient (Wildman–Crippen LogP) is 4.33. The van der Waals surface area contributed by atoms with Crippen LogP contribution in [-0.2, 0) is 4.79 Å². The smallest absolute Gasteiger partial charge is 0.276 e. The van der Waals surface area contributed by atoms with E-state index in [4.69, 9.17) is 0 Å². The first-order valence-corrected chi connectivity index (χ1v) is 10.0. The largest absolute Gasteiger partial charge is 0.351 e. The molecule has 152 valence electrons. The zero-order valence-corrected chi connectivity index (χ0v) is 16.9. The van der Waals surface area contributed by atoms with Gasteiger partial charge >= 0.3 is 0 Å². The second kappa shape index (κ2) is 7.57. The number of nitrogens with zero attached hydrogens (tertiary/aromatic N) is 2. The Morgan fingerprint density at radius 3 is 2.65 bits per heavy atom. The summed E-state index contributed by atoms with van der Waals surface area (Å²) in [5.74, 6) is -0.710. The van der Waals surface area contributed by atoms with Gasteiger partial charge in [0.2, 0.25) is 6.17 Å². The van der Waals surface area contributed by atoms with Crippen molar-refractivity contribution in [1.82, 2.24) is 10.3 Å². The highest BCUT2D eigenvalue weighted by molar-refractivity contribution is 6.11. The molecular formula is C25H20N4O2. The highest BCUT2D eigenvalue weighted by atomic mass is 16.2. The Balaban J connectivity index is 1.51. The average Bonchev–Trinajstić information content (AvgIpc) is 3.16. The zero-order valence-electron chi connectivity index (χ0n) is 16.9. The fourth-order valence-electron chi connectivity index (χ4n) is 3.79. The second-order valence-corrected chi connectivity index (χ2v) is 7.50. The van der Waals surface area contributed by atoms with Crippen molar-refractivity contribution in [3.63, 3.8) is 0 Å². The molecule has 31 heavy (non-hydrogen) atoms. The second-order valence-electron chi connectivity index (χ2n) is 7.50. The van der Waals surface area contributed by atoms with E-state index in [2.05, 4.69) is 15.3 Å². The molecule has 1 aliphatic rings. The molecule has 0 radical (unpaired) electrons. The van der Waals surface area contributed by atoms with Gasteiger partial charge in [0.15, 0.2) is 0 Å². The van der Waals surface area contributed by atoms with Crippen LogP contribution in [0.5, 0.6) is 0 Å². The van der Waals surface area contributed by atoms with Crippen molar-refractivity contribution in [2.75, 3.05) is 4.90 Å². The third kappa shape index (κ3) is 3.48. The van der Waals surface area contributed by atoms with E-state index < -0.39 is 6.17 Å². The Hall–Kier alpha value is -4.19. The summed E-state index contributed by atoms with van der Waals surface area (Å²) in [6, 6.07) is 24.7. The molecule has 4 aromatic rings. The lowest BCUT2D eigenvalue weighted by Gasteiger charge is -2.25. The Labute approximate surface area is 179 Å². The van der Waals surface area contributed by atoms with Gasteiger partial charge in [-0.2, -0.15) is 0 Å². The molecule has 0 saturated carbocycles. The lowest BCUT2D eigenvalue weighted by molar-refractivity contribution is -0.119. The minimum Gasteiger partial charge on any atom is -0.351 e. The minimum absolute atomic E-state index is 0.323. The first kappa shape index (κ1) is 18.8. The molecule has 1 aromatic heterocycles. The maximum absolute atomic E-state index is 13.5. The molecule has 0 aliphatic carbocycles. The Morgan fingerprint density at radius 2 is 1.81 bits per heavy atom. The van der Waals surface area contributed by atoms with Gasteiger partial charge in [0.05, 0.1) is 5.69 Å². The summed E-state index contributed by atoms with van der Waals surface area (Å²) in [7, 11) is 0. The zero-order chi connectivity index (χ0) is 21.4. The Morgan fingerprint density at radius 1 is 1.00 bits per heavy atom. The molecule has 1 aliphatic heterocycles. The van der Waals surface area contributed by atoms with Crippen LogP contribution in [0.4, 0.5) is 11.4 Å². The number of aromatic nitrogens is 1. The molecule has 0 spiro atoms. The molecule has 0 fully saturated rings. The van der Waals surface area contributed by atoms with E-state index in [-0.39, 0.29) is 11.8 Å². The summed E-state index contributed by atoms with van der Waals surface area (Å²) in [4.78, 5) is 35.6. The van der Waals surface area contributed by atoms with E-state index in [0.717, 1.165) is 33.4 Å². The van der Waals surface area contributed by atoms with Gasteiger partial charge in [-0.25, -0.2) is 0 Å². The standard InChI is InChI=1S/C25H20N4O2/c1-16-7-6-10-19(13-16)29-22-12-5-3-9-18(22)15-26-23(25(29)31)28-24(30)21-14-17-8-2-4-11-20(17)27-21/h2-15,23,27H,1H3,(H,28,30). The van der Waals surface area contributed by atoms with Crippen LogP contribution in [0, 0.1) is 6.92 Å². The van der Waals surface area contributed by atoms with Crippen molar-refractivity contribution in [2.45, 2.75) is 13.1 Å². The number of anilines is 2. The van der Waals surface area contributed by atoms with Crippen molar-refractivity contribution >= 4 is 40.3 Å². The highest BCUT2D eigenvalue weighted by Crippen LogP contribution is 2.31. The van der Waals surface area contributed by atoms with Crippen LogP contribution < -0.4 is 10.2 Å². The predicted molar refractivity (Wildman–Crippen MR) is 122 cm³/mol. The van der Waals surface area contributed by atoms with Crippen molar-refractivity contribution in [2.24, 2.45) is 4.99 Å². The molecule has 2 heterocycles. The number of para-hydroxylation sites is 2. The summed E-state index contributed by atoms with van der Waals surface area (Å²) >= 11 is 0. The fraction of sp³-hybridized carbons (Fsp3) is 0.0800. The number of aryl methyl sites for hydroxylation is 1. The topological polar surface area (TPSA) is 77.6 Å². The van der Waals surface area contributed by atoms with Crippen molar-refractivity contribution in [3.05, 3.63) is 95.7 Å². The van der Waals surface area contributed by atoms with Gasteiger partial charge in [-0.15, -0.1) is 0 Å². The van der Waals surface area contributed by atoms with E-state index in [1.807, 2.05) is 79.7 Å². The normalized spacial score (nSPS) is 15.6. The van der Waals surface area contributed by atoms with E-state index in [1.54, 1.807) is 17.2 Å². The monoisotopic (exact) mass is 408 g/mol. The average molecular weight is 408 g/mol. The van der Waals surface area contributed by atoms with E-state index in [9.17, 15) is 9.59 Å². The highest BCUT2D eigenvalue weighted by Gasteiger charge is 2.31. The summed E-state index contributed by atoms with van der Waals surface area (Å²) < 4.78 is 0. The lowest BCUT2D eigenvalue weighted by Crippen LogP contribution is -2.45. The van der Waals surface area contributed by atoms with Crippen molar-refractivity contribution in [3.8, 4) is 0 Å². The van der Waals surface area contributed by atoms with Crippen LogP contribution in [0.15, 0.2) is 83.9 Å². The quantitative estimate of drug-likeness (QED) is 0.529. The number of rotatable bonds is 3. The maximum Gasteiger partial charge on any atom is 0.276 e. The van der Waals surface area contributed by atoms with Crippen molar-refractivity contribution in [1.29, 1.82) is 0 Å². The molecule has 0 saturated heterocycles.